The topological polar surface area (TPSA) is 123 Å². The van der Waals surface area contributed by atoms with Crippen molar-refractivity contribution in [2.45, 2.75) is 57.7 Å². The summed E-state index contributed by atoms with van der Waals surface area (Å²) in [6.45, 7) is 1.53. The van der Waals surface area contributed by atoms with Crippen LogP contribution in [-0.4, -0.2) is 51.7 Å². The van der Waals surface area contributed by atoms with Gasteiger partial charge in [0.15, 0.2) is 5.65 Å². The molecule has 0 aromatic carbocycles. The molecule has 0 bridgehead atoms. The van der Waals surface area contributed by atoms with Crippen molar-refractivity contribution in [2.24, 2.45) is 0 Å². The minimum Gasteiger partial charge on any atom is -0.351 e. The van der Waals surface area contributed by atoms with Crippen molar-refractivity contribution in [3.63, 3.8) is 0 Å². The van der Waals surface area contributed by atoms with Crippen molar-refractivity contribution in [2.75, 3.05) is 5.32 Å². The molecule has 1 aliphatic rings. The molecule has 10 nitrogen and oxygen atoms in total. The van der Waals surface area contributed by atoms with Crippen LogP contribution in [0.3, 0.4) is 0 Å². The number of alkyl halides is 2. The van der Waals surface area contributed by atoms with Crippen LogP contribution in [0.5, 0.6) is 0 Å². The molecule has 1 aliphatic carbocycles. The molecule has 5 aromatic rings. The van der Waals surface area contributed by atoms with Crippen LogP contribution in [0.4, 0.5) is 14.7 Å². The average Bonchev–Trinajstić information content (AvgIpc) is 3.60. The van der Waals surface area contributed by atoms with Crippen molar-refractivity contribution in [3.05, 3.63) is 66.8 Å². The third kappa shape index (κ3) is 5.10. The van der Waals surface area contributed by atoms with Crippen LogP contribution >= 0.6 is 0 Å². The van der Waals surface area contributed by atoms with Crippen LogP contribution in [0.15, 0.2) is 55.6 Å². The predicted molar refractivity (Wildman–Crippen MR) is 144 cm³/mol. The van der Waals surface area contributed by atoms with E-state index in [1.807, 2.05) is 24.8 Å². The smallest absolute Gasteiger partial charge is 0.257 e. The molecule has 0 unspecified atom stereocenters. The molecule has 1 N–H and O–H groups in total. The number of anilines is 1. The van der Waals surface area contributed by atoms with Crippen molar-refractivity contribution in [1.29, 1.82) is 5.26 Å². The summed E-state index contributed by atoms with van der Waals surface area (Å²) in [4.78, 5) is 22.6. The largest absolute Gasteiger partial charge is 0.351 e. The molecule has 0 aliphatic heterocycles. The van der Waals surface area contributed by atoms with Gasteiger partial charge in [0.25, 0.3) is 6.43 Å². The molecule has 0 radical (unpaired) electrons. The lowest BCUT2D eigenvalue weighted by atomic mass is 9.91. The highest BCUT2D eigenvalue weighted by atomic mass is 19.3. The Labute approximate surface area is 228 Å². The lowest BCUT2D eigenvalue weighted by Crippen LogP contribution is -2.29. The zero-order valence-electron chi connectivity index (χ0n) is 21.7. The van der Waals surface area contributed by atoms with E-state index in [1.165, 1.54) is 18.6 Å². The fourth-order valence-corrected chi connectivity index (χ4v) is 5.31. The van der Waals surface area contributed by atoms with E-state index in [1.54, 1.807) is 6.20 Å². The molecule has 0 saturated heterocycles. The molecular formula is C28H26F2N10. The number of fused-ring (bicyclic) bond motifs is 1. The molecule has 6 rings (SSSR count). The van der Waals surface area contributed by atoms with E-state index in [0.717, 1.165) is 58.2 Å². The Morgan fingerprint density at radius 2 is 2.02 bits per heavy atom. The Morgan fingerprint density at radius 3 is 2.85 bits per heavy atom. The molecule has 0 amide bonds. The zero-order chi connectivity index (χ0) is 27.6. The van der Waals surface area contributed by atoms with E-state index in [0.29, 0.717) is 17.2 Å². The Hall–Kier alpha value is -4.79. The van der Waals surface area contributed by atoms with Crippen molar-refractivity contribution < 1.29 is 8.78 Å². The summed E-state index contributed by atoms with van der Waals surface area (Å²) in [5.41, 5.74) is 5.93. The lowest BCUT2D eigenvalue weighted by Gasteiger charge is -2.30. The number of nitrogens with one attached hydrogen (secondary N) is 1. The summed E-state index contributed by atoms with van der Waals surface area (Å²) in [6.07, 6.45) is 12.9. The maximum atomic E-state index is 12.8. The fraction of sp³-hybridized carbons (Fsp3) is 0.321. The standard InChI is InChI=1S/C28H26F2N10/c1-17-5-6-32-13-23(17)18-7-24-27(33-10-18)40(16-35-24)22-4-2-3-21(8-22)37-28-34-11-19(9-31)26(38-28)20-12-36-39(14-20)15-25(29)30/h5-7,10-14,16,21-22,25H,2-4,8,15H2,1H3,(H,34,37,38)/t21-,22+/m1/s1. The van der Waals surface area contributed by atoms with Gasteiger partial charge in [0.05, 0.1) is 30.0 Å². The maximum absolute atomic E-state index is 12.8. The van der Waals surface area contributed by atoms with Gasteiger partial charge in [-0.3, -0.25) is 9.67 Å². The summed E-state index contributed by atoms with van der Waals surface area (Å²) >= 11 is 0. The monoisotopic (exact) mass is 540 g/mol. The number of imidazole rings is 1. The lowest BCUT2D eigenvalue weighted by molar-refractivity contribution is 0.122. The van der Waals surface area contributed by atoms with Crippen LogP contribution < -0.4 is 5.32 Å². The second-order valence-corrected chi connectivity index (χ2v) is 9.98. The molecule has 1 saturated carbocycles. The highest BCUT2D eigenvalue weighted by Gasteiger charge is 2.26. The molecule has 0 spiro atoms. The molecule has 1 fully saturated rings. The SMILES string of the molecule is Cc1ccncc1-c1cnc2c(c1)ncn2[C@H]1CCC[C@@H](Nc2ncc(C#N)c(-c3cnn(CC(F)F)c3)n2)C1. The van der Waals surface area contributed by atoms with E-state index in [9.17, 15) is 14.0 Å². The third-order valence-corrected chi connectivity index (χ3v) is 7.28. The second kappa shape index (κ2) is 10.8. The Kier molecular flexibility index (Phi) is 6.86. The van der Waals surface area contributed by atoms with Gasteiger partial charge in [-0.15, -0.1) is 0 Å². The number of halogens is 2. The fourth-order valence-electron chi connectivity index (χ4n) is 5.31. The van der Waals surface area contributed by atoms with Gasteiger partial charge < -0.3 is 9.88 Å². The van der Waals surface area contributed by atoms with Gasteiger partial charge in [0, 0.05) is 53.6 Å². The van der Waals surface area contributed by atoms with Crippen LogP contribution in [0.25, 0.3) is 33.5 Å². The summed E-state index contributed by atoms with van der Waals surface area (Å²) in [5.74, 6) is 0.381. The minimum atomic E-state index is -2.53. The van der Waals surface area contributed by atoms with Crippen molar-refractivity contribution >= 4 is 17.1 Å². The molecule has 40 heavy (non-hydrogen) atoms. The van der Waals surface area contributed by atoms with E-state index in [-0.39, 0.29) is 17.6 Å². The number of hydrogen-bond acceptors (Lipinski definition) is 8. The first-order valence-corrected chi connectivity index (χ1v) is 13.1. The van der Waals surface area contributed by atoms with Gasteiger partial charge in [-0.05, 0) is 50.3 Å². The van der Waals surface area contributed by atoms with E-state index in [4.69, 9.17) is 4.98 Å². The second-order valence-electron chi connectivity index (χ2n) is 9.98. The average molecular weight is 541 g/mol. The number of nitriles is 1. The first-order valence-electron chi connectivity index (χ1n) is 13.1. The number of nitrogens with zero attached hydrogens (tertiary/aromatic N) is 9. The summed E-state index contributed by atoms with van der Waals surface area (Å²) < 4.78 is 28.8. The van der Waals surface area contributed by atoms with Gasteiger partial charge in [-0.1, -0.05) is 0 Å². The minimum absolute atomic E-state index is 0.0934. The highest BCUT2D eigenvalue weighted by Crippen LogP contribution is 2.33. The van der Waals surface area contributed by atoms with Gasteiger partial charge >= 0.3 is 0 Å². The summed E-state index contributed by atoms with van der Waals surface area (Å²) in [5, 5.41) is 16.9. The van der Waals surface area contributed by atoms with E-state index in [2.05, 4.69) is 54.0 Å². The Balaban J connectivity index is 1.20. The molecular weight excluding hydrogens is 514 g/mol. The van der Waals surface area contributed by atoms with Gasteiger partial charge in [0.1, 0.15) is 18.1 Å². The first-order chi connectivity index (χ1) is 19.5. The number of aryl methyl sites for hydroxylation is 1. The third-order valence-electron chi connectivity index (χ3n) is 7.28. The molecule has 5 aromatic heterocycles. The number of hydrogen-bond donors (Lipinski definition) is 1. The molecule has 202 valence electrons. The van der Waals surface area contributed by atoms with Crippen LogP contribution in [0, 0.1) is 18.3 Å². The number of rotatable bonds is 7. The number of pyridine rings is 2. The van der Waals surface area contributed by atoms with Gasteiger partial charge in [-0.2, -0.15) is 10.4 Å². The van der Waals surface area contributed by atoms with Crippen LogP contribution in [0.2, 0.25) is 0 Å². The molecule has 12 heteroatoms. The normalized spacial score (nSPS) is 17.3. The van der Waals surface area contributed by atoms with E-state index < -0.39 is 13.0 Å². The quantitative estimate of drug-likeness (QED) is 0.299. The van der Waals surface area contributed by atoms with Crippen molar-refractivity contribution in [1.82, 2.24) is 39.3 Å². The zero-order valence-corrected chi connectivity index (χ0v) is 21.7. The highest BCUT2D eigenvalue weighted by molar-refractivity contribution is 5.79. The van der Waals surface area contributed by atoms with Crippen LogP contribution in [-0.2, 0) is 6.54 Å². The van der Waals surface area contributed by atoms with E-state index >= 15 is 0 Å². The maximum Gasteiger partial charge on any atom is 0.257 e. The van der Waals surface area contributed by atoms with Gasteiger partial charge in [-0.25, -0.2) is 28.7 Å². The molecule has 2 atom stereocenters. The Morgan fingerprint density at radius 1 is 1.12 bits per heavy atom. The summed E-state index contributed by atoms with van der Waals surface area (Å²) in [6, 6.07) is 6.40. The molecule has 5 heterocycles. The van der Waals surface area contributed by atoms with Crippen molar-refractivity contribution in [3.8, 4) is 28.5 Å². The van der Waals surface area contributed by atoms with Gasteiger partial charge in [0.2, 0.25) is 5.95 Å². The summed E-state index contributed by atoms with van der Waals surface area (Å²) in [7, 11) is 0. The van der Waals surface area contributed by atoms with Crippen LogP contribution in [0.1, 0.15) is 42.9 Å². The predicted octanol–water partition coefficient (Wildman–Crippen LogP) is 5.19. The first kappa shape index (κ1) is 25.5. The Bertz CT molecular complexity index is 1700. The number of aromatic nitrogens is 8.